The molecule has 6 nitrogen and oxygen atoms in total. The summed E-state index contributed by atoms with van der Waals surface area (Å²) in [6.07, 6.45) is -7.34. The number of carbonyl (C=O) groups is 1. The number of aryl methyl sites for hydroxylation is 1. The van der Waals surface area contributed by atoms with E-state index in [2.05, 4.69) is 31.0 Å². The number of ether oxygens (including phenoxy) is 3. The first kappa shape index (κ1) is 30.2. The maximum atomic E-state index is 15.2. The molecule has 1 amide bonds. The normalized spacial score (nSPS) is 11.8. The van der Waals surface area contributed by atoms with Crippen LogP contribution in [0.5, 0.6) is 23.0 Å². The summed E-state index contributed by atoms with van der Waals surface area (Å²) in [7, 11) is 15.8. The van der Waals surface area contributed by atoms with Gasteiger partial charge in [0.2, 0.25) is 5.82 Å². The topological polar surface area (TPSA) is 69.7 Å². The van der Waals surface area contributed by atoms with Crippen LogP contribution in [0.15, 0.2) is 41.1 Å². The van der Waals surface area contributed by atoms with Crippen LogP contribution in [0, 0.1) is 18.6 Å². The molecule has 39 heavy (non-hydrogen) atoms. The number of hydrogen-bond donors (Lipinski definition) is 1. The van der Waals surface area contributed by atoms with Crippen molar-refractivity contribution in [3.8, 4) is 23.0 Å². The van der Waals surface area contributed by atoms with E-state index in [9.17, 15) is 31.1 Å². The van der Waals surface area contributed by atoms with Gasteiger partial charge in [-0.25, -0.2) is 18.2 Å². The maximum Gasteiger partial charge on any atom is 0.573 e. The van der Waals surface area contributed by atoms with Gasteiger partial charge < -0.3 is 19.5 Å². The van der Waals surface area contributed by atoms with E-state index in [1.165, 1.54) is 19.2 Å². The highest BCUT2D eigenvalue weighted by Gasteiger charge is 2.35. The van der Waals surface area contributed by atoms with Crippen LogP contribution in [0.2, 0.25) is 0 Å². The van der Waals surface area contributed by atoms with Crippen LogP contribution in [0.25, 0.3) is 0 Å². The molecule has 0 aliphatic heterocycles. The van der Waals surface area contributed by atoms with E-state index in [1.807, 2.05) is 0 Å². The quantitative estimate of drug-likeness (QED) is 0.198. The zero-order valence-electron chi connectivity index (χ0n) is 19.4. The van der Waals surface area contributed by atoms with E-state index in [-0.39, 0.29) is 10.3 Å². The fourth-order valence-corrected chi connectivity index (χ4v) is 3.38. The van der Waals surface area contributed by atoms with Gasteiger partial charge in [0.25, 0.3) is 12.3 Å². The molecular weight excluding hydrogens is 602 g/mol. The van der Waals surface area contributed by atoms with Crippen LogP contribution in [0.1, 0.15) is 27.9 Å². The summed E-state index contributed by atoms with van der Waals surface area (Å²) >= 11 is 3.09. The minimum atomic E-state index is -5.33. The van der Waals surface area contributed by atoms with E-state index in [0.717, 1.165) is 6.07 Å². The molecular formula is C22H11B3BrF7N2O4. The van der Waals surface area contributed by atoms with Gasteiger partial charge in [0, 0.05) is 11.9 Å². The molecule has 0 bridgehead atoms. The molecule has 0 unspecified atom stereocenters. The molecule has 1 aromatic heterocycles. The Labute approximate surface area is 228 Å². The van der Waals surface area contributed by atoms with Crippen molar-refractivity contribution < 1.29 is 49.7 Å². The number of benzene rings is 2. The third-order valence-electron chi connectivity index (χ3n) is 4.66. The van der Waals surface area contributed by atoms with E-state index >= 15 is 4.39 Å². The van der Waals surface area contributed by atoms with Crippen molar-refractivity contribution >= 4 is 51.1 Å². The molecule has 0 spiro atoms. The van der Waals surface area contributed by atoms with Gasteiger partial charge in [-0.05, 0) is 64.0 Å². The van der Waals surface area contributed by atoms with Crippen molar-refractivity contribution in [3.05, 3.63) is 69.5 Å². The number of rotatable bonds is 8. The molecule has 0 saturated carbocycles. The zero-order chi connectivity index (χ0) is 29.3. The Balaban J connectivity index is 2.14. The van der Waals surface area contributed by atoms with Crippen LogP contribution in [-0.4, -0.2) is 46.1 Å². The number of amides is 1. The molecule has 1 heterocycles. The lowest BCUT2D eigenvalue weighted by Gasteiger charge is -2.26. The summed E-state index contributed by atoms with van der Waals surface area (Å²) in [5.41, 5.74) is -1.73. The van der Waals surface area contributed by atoms with Crippen molar-refractivity contribution in [2.24, 2.45) is 0 Å². The van der Waals surface area contributed by atoms with E-state index < -0.39 is 69.8 Å². The number of pyridine rings is 1. The van der Waals surface area contributed by atoms with E-state index in [4.69, 9.17) is 33.0 Å². The number of alkyl halides is 5. The Kier molecular flexibility index (Phi) is 8.83. The predicted octanol–water partition coefficient (Wildman–Crippen LogP) is 5.81. The smallest absolute Gasteiger partial charge is 0.510 e. The Morgan fingerprint density at radius 2 is 1.62 bits per heavy atom. The summed E-state index contributed by atoms with van der Waals surface area (Å²) in [4.78, 5) is 17.0. The lowest BCUT2D eigenvalue weighted by atomic mass is 9.52. The molecule has 3 aromatic rings. The number of aromatic nitrogens is 1. The zero-order valence-corrected chi connectivity index (χ0v) is 21.0. The van der Waals surface area contributed by atoms with Crippen molar-refractivity contribution in [3.63, 3.8) is 0 Å². The second kappa shape index (κ2) is 11.4. The number of anilines is 1. The molecule has 0 saturated heterocycles. The number of nitrogens with zero attached hydrogens (tertiary/aromatic N) is 1. The van der Waals surface area contributed by atoms with Gasteiger partial charge in [-0.15, -0.1) is 13.2 Å². The largest absolute Gasteiger partial charge is 0.573 e. The Morgan fingerprint density at radius 3 is 2.21 bits per heavy atom. The monoisotopic (exact) mass is 612 g/mol. The summed E-state index contributed by atoms with van der Waals surface area (Å²) in [5, 5.41) is -0.358. The molecule has 17 heteroatoms. The summed E-state index contributed by atoms with van der Waals surface area (Å²) in [6, 6.07) is 3.79. The fraction of sp³-hybridized carbons (Fsp3) is 0.182. The standard InChI is InChI=1S/C22H11B3BrF7N2O4/c1-8-7-34-14(26)6-10(8)35-20(36)15-11(3-2-9(16(15)27)19(29)30)37-13-5-4-12(38-22(31,32)33)17(28)18(13)39-21(23,24)25/h2-7,19H,1H3,(H,34,35,36). The van der Waals surface area contributed by atoms with Gasteiger partial charge in [0.15, 0.2) is 17.2 Å². The third-order valence-corrected chi connectivity index (χ3v) is 5.10. The molecule has 0 aliphatic carbocycles. The Morgan fingerprint density at radius 1 is 1.00 bits per heavy atom. The molecule has 0 fully saturated rings. The van der Waals surface area contributed by atoms with Crippen molar-refractivity contribution in [1.29, 1.82) is 0 Å². The minimum absolute atomic E-state index is 0.109. The minimum Gasteiger partial charge on any atom is -0.510 e. The van der Waals surface area contributed by atoms with Gasteiger partial charge in [-0.2, -0.15) is 4.39 Å². The second-order valence-corrected chi connectivity index (χ2v) is 8.54. The lowest BCUT2D eigenvalue weighted by molar-refractivity contribution is -0.275. The molecule has 2 aromatic carbocycles. The van der Waals surface area contributed by atoms with Crippen molar-refractivity contribution in [1.82, 2.24) is 4.98 Å². The average molecular weight is 613 g/mol. The van der Waals surface area contributed by atoms with Crippen LogP contribution in [0.3, 0.4) is 0 Å². The molecule has 0 atom stereocenters. The van der Waals surface area contributed by atoms with E-state index in [1.54, 1.807) is 0 Å². The maximum absolute atomic E-state index is 15.2. The highest BCUT2D eigenvalue weighted by atomic mass is 79.9. The molecule has 3 rings (SSSR count). The lowest BCUT2D eigenvalue weighted by Crippen LogP contribution is -2.38. The number of hydrogen-bond acceptors (Lipinski definition) is 5. The second-order valence-electron chi connectivity index (χ2n) is 7.73. The summed E-state index contributed by atoms with van der Waals surface area (Å²) < 4.78 is 109. The molecule has 6 radical (unpaired) electrons. The number of nitrogens with one attached hydrogen (secondary N) is 1. The highest BCUT2D eigenvalue weighted by Crippen LogP contribution is 2.42. The van der Waals surface area contributed by atoms with Crippen molar-refractivity contribution in [2.75, 3.05) is 5.32 Å². The summed E-state index contributed by atoms with van der Waals surface area (Å²) in [5.74, 6) is -9.07. The first-order chi connectivity index (χ1) is 18.0. The molecule has 1 N–H and O–H groups in total. The number of halogens is 8. The highest BCUT2D eigenvalue weighted by molar-refractivity contribution is 9.10. The van der Waals surface area contributed by atoms with Crippen LogP contribution in [-0.2, 0) is 0 Å². The SMILES string of the molecule is [B]C([B])([B])Oc1c(Oc2ccc(C(F)F)c(F)c2C(=O)Nc2cc(Br)ncc2C)ccc(OC(F)(F)F)c1F. The van der Waals surface area contributed by atoms with Gasteiger partial charge >= 0.3 is 6.36 Å². The van der Waals surface area contributed by atoms with Crippen LogP contribution >= 0.6 is 15.9 Å². The van der Waals surface area contributed by atoms with Gasteiger partial charge in [-0.1, -0.05) is 0 Å². The van der Waals surface area contributed by atoms with E-state index in [0.29, 0.717) is 23.8 Å². The predicted molar refractivity (Wildman–Crippen MR) is 130 cm³/mol. The van der Waals surface area contributed by atoms with Crippen LogP contribution in [0.4, 0.5) is 36.4 Å². The van der Waals surface area contributed by atoms with Gasteiger partial charge in [0.1, 0.15) is 45.3 Å². The first-order valence-electron chi connectivity index (χ1n) is 10.3. The Bertz CT molecular complexity index is 1410. The fourth-order valence-electron chi connectivity index (χ4n) is 3.05. The first-order valence-corrected chi connectivity index (χ1v) is 11.1. The summed E-state index contributed by atoms with van der Waals surface area (Å²) in [6.45, 7) is 1.54. The van der Waals surface area contributed by atoms with Crippen LogP contribution < -0.4 is 19.5 Å². The number of carbonyl (C=O) groups excluding carboxylic acids is 1. The van der Waals surface area contributed by atoms with Gasteiger partial charge in [-0.3, -0.25) is 4.79 Å². The average Bonchev–Trinajstić information content (AvgIpc) is 2.78. The third kappa shape index (κ3) is 7.61. The van der Waals surface area contributed by atoms with Crippen molar-refractivity contribution in [2.45, 2.75) is 25.0 Å². The Hall–Kier alpha value is -3.36. The molecule has 0 aliphatic rings. The molecule has 198 valence electrons. The van der Waals surface area contributed by atoms with Gasteiger partial charge in [0.05, 0.1) is 5.56 Å².